The fourth-order valence-corrected chi connectivity index (χ4v) is 1.89. The maximum Gasteiger partial charge on any atom is 0.337 e. The number of nitrogens with zero attached hydrogens (tertiary/aromatic N) is 1. The Morgan fingerprint density at radius 2 is 2.11 bits per heavy atom. The van der Waals surface area contributed by atoms with Crippen molar-refractivity contribution in [3.63, 3.8) is 0 Å². The smallest absolute Gasteiger partial charge is 0.337 e. The van der Waals surface area contributed by atoms with Crippen molar-refractivity contribution in [1.29, 1.82) is 0 Å². The largest absolute Gasteiger partial charge is 0.478 e. The van der Waals surface area contributed by atoms with Gasteiger partial charge in [-0.05, 0) is 32.4 Å². The number of benzene rings is 1. The Morgan fingerprint density at radius 3 is 2.61 bits per heavy atom. The Labute approximate surface area is 107 Å². The van der Waals surface area contributed by atoms with Gasteiger partial charge in [-0.15, -0.1) is 0 Å². The van der Waals surface area contributed by atoms with Crippen LogP contribution in [0, 0.1) is 0 Å². The van der Waals surface area contributed by atoms with Crippen LogP contribution in [-0.2, 0) is 0 Å². The Morgan fingerprint density at radius 1 is 1.44 bits per heavy atom. The molecule has 0 aliphatic rings. The summed E-state index contributed by atoms with van der Waals surface area (Å²) in [6, 6.07) is 5.16. The van der Waals surface area contributed by atoms with Crippen LogP contribution >= 0.6 is 0 Å². The van der Waals surface area contributed by atoms with Gasteiger partial charge in [-0.3, -0.25) is 0 Å². The van der Waals surface area contributed by atoms with E-state index in [4.69, 9.17) is 15.9 Å². The van der Waals surface area contributed by atoms with Crippen molar-refractivity contribution in [2.75, 3.05) is 23.8 Å². The lowest BCUT2D eigenvalue weighted by atomic mass is 10.1. The van der Waals surface area contributed by atoms with Gasteiger partial charge in [-0.1, -0.05) is 6.07 Å². The van der Waals surface area contributed by atoms with E-state index in [0.717, 1.165) is 0 Å². The number of anilines is 2. The van der Waals surface area contributed by atoms with Crippen LogP contribution in [0.1, 0.15) is 30.6 Å². The summed E-state index contributed by atoms with van der Waals surface area (Å²) >= 11 is 0. The fourth-order valence-electron chi connectivity index (χ4n) is 1.89. The minimum Gasteiger partial charge on any atom is -0.478 e. The zero-order valence-electron chi connectivity index (χ0n) is 10.8. The maximum absolute atomic E-state index is 11.0. The van der Waals surface area contributed by atoms with Gasteiger partial charge in [0.05, 0.1) is 16.9 Å². The molecule has 18 heavy (non-hydrogen) atoms. The van der Waals surface area contributed by atoms with Crippen molar-refractivity contribution in [2.24, 2.45) is 0 Å². The highest BCUT2D eigenvalue weighted by Gasteiger charge is 2.17. The van der Waals surface area contributed by atoms with Gasteiger partial charge in [-0.25, -0.2) is 4.79 Å². The summed E-state index contributed by atoms with van der Waals surface area (Å²) in [7, 11) is 0. The van der Waals surface area contributed by atoms with Crippen LogP contribution in [0.15, 0.2) is 18.2 Å². The maximum atomic E-state index is 11.0. The van der Waals surface area contributed by atoms with Crippen LogP contribution < -0.4 is 10.6 Å². The van der Waals surface area contributed by atoms with E-state index in [0.29, 0.717) is 18.7 Å². The Bertz CT molecular complexity index is 419. The molecule has 5 heteroatoms. The Hall–Kier alpha value is -1.75. The molecule has 0 bridgehead atoms. The van der Waals surface area contributed by atoms with E-state index in [1.165, 1.54) is 6.07 Å². The third kappa shape index (κ3) is 3.13. The van der Waals surface area contributed by atoms with Crippen LogP contribution in [0.25, 0.3) is 0 Å². The zero-order valence-corrected chi connectivity index (χ0v) is 10.8. The highest BCUT2D eigenvalue weighted by atomic mass is 16.4. The number of nitrogen functional groups attached to an aromatic ring is 1. The summed E-state index contributed by atoms with van der Waals surface area (Å²) in [5, 5.41) is 18.0. The van der Waals surface area contributed by atoms with Gasteiger partial charge in [0.1, 0.15) is 0 Å². The first-order valence-electron chi connectivity index (χ1n) is 5.98. The van der Waals surface area contributed by atoms with Crippen molar-refractivity contribution in [3.05, 3.63) is 23.8 Å². The first-order valence-corrected chi connectivity index (χ1v) is 5.98. The van der Waals surface area contributed by atoms with E-state index in [1.807, 2.05) is 18.7 Å². The zero-order chi connectivity index (χ0) is 13.7. The normalized spacial score (nSPS) is 10.7. The summed E-state index contributed by atoms with van der Waals surface area (Å²) in [6.45, 7) is 4.75. The topological polar surface area (TPSA) is 86.8 Å². The number of carboxylic acids is 1. The van der Waals surface area contributed by atoms with Crippen LogP contribution in [0.2, 0.25) is 0 Å². The number of aliphatic hydroxyl groups is 1. The second kappa shape index (κ2) is 6.26. The summed E-state index contributed by atoms with van der Waals surface area (Å²) in [5.74, 6) is -1.03. The molecule has 0 radical (unpaired) electrons. The van der Waals surface area contributed by atoms with E-state index in [9.17, 15) is 4.79 Å². The van der Waals surface area contributed by atoms with Crippen LogP contribution in [0.5, 0.6) is 0 Å². The highest BCUT2D eigenvalue weighted by Crippen LogP contribution is 2.28. The molecule has 5 nitrogen and oxygen atoms in total. The third-order valence-electron chi connectivity index (χ3n) is 2.80. The molecular weight excluding hydrogens is 232 g/mol. The van der Waals surface area contributed by atoms with Crippen molar-refractivity contribution in [2.45, 2.75) is 26.3 Å². The Kier molecular flexibility index (Phi) is 4.97. The molecule has 0 aliphatic heterocycles. The number of aromatic carboxylic acids is 1. The van der Waals surface area contributed by atoms with Crippen LogP contribution in [-0.4, -0.2) is 35.4 Å². The van der Waals surface area contributed by atoms with Crippen molar-refractivity contribution in [1.82, 2.24) is 0 Å². The first kappa shape index (κ1) is 14.3. The molecule has 1 rings (SSSR count). The number of rotatable bonds is 6. The van der Waals surface area contributed by atoms with Gasteiger partial charge in [0.25, 0.3) is 0 Å². The second-order valence-corrected chi connectivity index (χ2v) is 4.41. The number of carbonyl (C=O) groups is 1. The lowest BCUT2D eigenvalue weighted by molar-refractivity contribution is 0.0698. The molecule has 0 spiro atoms. The lowest BCUT2D eigenvalue weighted by Crippen LogP contribution is -2.33. The van der Waals surface area contributed by atoms with Gasteiger partial charge in [0, 0.05) is 19.2 Å². The molecule has 0 aromatic heterocycles. The average molecular weight is 252 g/mol. The average Bonchev–Trinajstić information content (AvgIpc) is 2.30. The van der Waals surface area contributed by atoms with Crippen molar-refractivity contribution < 1.29 is 15.0 Å². The molecule has 0 heterocycles. The van der Waals surface area contributed by atoms with E-state index in [2.05, 4.69) is 0 Å². The standard InChI is InChI=1S/C13H20N2O3/c1-9(2)15(7-4-8-16)11-6-3-5-10(12(11)14)13(17)18/h3,5-6,9,16H,4,7-8,14H2,1-2H3,(H,17,18). The molecule has 0 saturated carbocycles. The number of carboxylic acid groups (broad SMARTS) is 1. The van der Waals surface area contributed by atoms with Gasteiger partial charge < -0.3 is 20.8 Å². The quantitative estimate of drug-likeness (QED) is 0.669. The highest BCUT2D eigenvalue weighted by molar-refractivity contribution is 5.97. The van der Waals surface area contributed by atoms with Crippen molar-refractivity contribution in [3.8, 4) is 0 Å². The van der Waals surface area contributed by atoms with E-state index >= 15 is 0 Å². The fraction of sp³-hybridized carbons (Fsp3) is 0.462. The minimum atomic E-state index is -1.03. The van der Waals surface area contributed by atoms with Crippen LogP contribution in [0.3, 0.4) is 0 Å². The predicted molar refractivity (Wildman–Crippen MR) is 72.0 cm³/mol. The molecule has 1 aromatic rings. The summed E-state index contributed by atoms with van der Waals surface area (Å²) in [5.41, 5.74) is 7.00. The number of aliphatic hydroxyl groups excluding tert-OH is 1. The molecule has 0 atom stereocenters. The number of nitrogens with two attached hydrogens (primary N) is 1. The molecule has 100 valence electrons. The minimum absolute atomic E-state index is 0.0990. The number of para-hydroxylation sites is 1. The molecule has 0 aliphatic carbocycles. The van der Waals surface area contributed by atoms with Gasteiger partial charge >= 0.3 is 5.97 Å². The third-order valence-corrected chi connectivity index (χ3v) is 2.80. The van der Waals surface area contributed by atoms with Gasteiger partial charge in [-0.2, -0.15) is 0 Å². The summed E-state index contributed by atoms with van der Waals surface area (Å²) in [4.78, 5) is 13.0. The lowest BCUT2D eigenvalue weighted by Gasteiger charge is -2.30. The predicted octanol–water partition coefficient (Wildman–Crippen LogP) is 1.56. The molecular formula is C13H20N2O3. The number of hydrogen-bond acceptors (Lipinski definition) is 4. The number of hydrogen-bond donors (Lipinski definition) is 3. The van der Waals surface area contributed by atoms with E-state index in [1.54, 1.807) is 12.1 Å². The molecule has 0 unspecified atom stereocenters. The Balaban J connectivity index is 3.12. The van der Waals surface area contributed by atoms with Crippen molar-refractivity contribution >= 4 is 17.3 Å². The monoisotopic (exact) mass is 252 g/mol. The molecule has 0 saturated heterocycles. The van der Waals surface area contributed by atoms with Gasteiger partial charge in [0.15, 0.2) is 0 Å². The molecule has 0 amide bonds. The molecule has 1 aromatic carbocycles. The summed E-state index contributed by atoms with van der Waals surface area (Å²) in [6.07, 6.45) is 0.620. The van der Waals surface area contributed by atoms with Crippen LogP contribution in [0.4, 0.5) is 11.4 Å². The van der Waals surface area contributed by atoms with E-state index in [-0.39, 0.29) is 23.9 Å². The first-order chi connectivity index (χ1) is 8.49. The molecule has 0 fully saturated rings. The van der Waals surface area contributed by atoms with Gasteiger partial charge in [0.2, 0.25) is 0 Å². The summed E-state index contributed by atoms with van der Waals surface area (Å²) < 4.78 is 0. The van der Waals surface area contributed by atoms with E-state index < -0.39 is 5.97 Å². The SMILES string of the molecule is CC(C)N(CCCO)c1cccc(C(=O)O)c1N. The second-order valence-electron chi connectivity index (χ2n) is 4.41. The molecule has 4 N–H and O–H groups in total.